The number of methoxy groups -OCH3 is 1. The normalized spacial score (nSPS) is 11.8. The summed E-state index contributed by atoms with van der Waals surface area (Å²) < 4.78 is 18.6. The number of anilines is 1. The molecule has 1 heterocycles. The highest BCUT2D eigenvalue weighted by atomic mass is 35.5. The number of ether oxygens (including phenoxy) is 1. The lowest BCUT2D eigenvalue weighted by Gasteiger charge is -2.15. The quantitative estimate of drug-likeness (QED) is 0.666. The Bertz CT molecular complexity index is 888. The van der Waals surface area contributed by atoms with Crippen molar-refractivity contribution in [2.75, 3.05) is 12.4 Å². The van der Waals surface area contributed by atoms with Gasteiger partial charge >= 0.3 is 5.97 Å². The largest absolute Gasteiger partial charge is 0.464 e. The van der Waals surface area contributed by atoms with Gasteiger partial charge in [0.15, 0.2) is 5.69 Å². The van der Waals surface area contributed by atoms with Crippen molar-refractivity contribution in [3.8, 4) is 11.3 Å². The third-order valence-electron chi connectivity index (χ3n) is 3.45. The molecule has 0 radical (unpaired) electrons. The molecule has 9 heteroatoms. The number of esters is 1. The molecular formula is C17H14Cl3FN2O3. The lowest BCUT2D eigenvalue weighted by molar-refractivity contribution is -0.114. The lowest BCUT2D eigenvalue weighted by Crippen LogP contribution is -2.12. The molecule has 0 aliphatic rings. The molecule has 0 saturated heterocycles. The van der Waals surface area contributed by atoms with Crippen LogP contribution in [0.1, 0.15) is 36.1 Å². The molecule has 2 aromatic rings. The maximum atomic E-state index is 13.9. The summed E-state index contributed by atoms with van der Waals surface area (Å²) in [5.74, 6) is -1.20. The second kappa shape index (κ2) is 8.20. The van der Waals surface area contributed by atoms with Crippen molar-refractivity contribution >= 4 is 52.4 Å². The molecule has 5 nitrogen and oxygen atoms in total. The van der Waals surface area contributed by atoms with Gasteiger partial charge in [0, 0.05) is 23.1 Å². The molecule has 0 fully saturated rings. The number of pyridine rings is 1. The smallest absolute Gasteiger partial charge is 0.358 e. The first-order valence-corrected chi connectivity index (χ1v) is 8.49. The Labute approximate surface area is 164 Å². The Morgan fingerprint density at radius 3 is 2.42 bits per heavy atom. The number of rotatable bonds is 4. The van der Waals surface area contributed by atoms with Crippen LogP contribution in [0.4, 0.5) is 10.1 Å². The van der Waals surface area contributed by atoms with Gasteiger partial charge in [-0.2, -0.15) is 0 Å². The summed E-state index contributed by atoms with van der Waals surface area (Å²) in [5.41, 5.74) is 0.552. The van der Waals surface area contributed by atoms with Gasteiger partial charge in [-0.25, -0.2) is 14.2 Å². The lowest BCUT2D eigenvalue weighted by atomic mass is 10.0. The van der Waals surface area contributed by atoms with Crippen molar-refractivity contribution in [2.45, 2.75) is 20.0 Å². The zero-order valence-electron chi connectivity index (χ0n) is 14.0. The molecule has 1 aromatic heterocycles. The van der Waals surface area contributed by atoms with E-state index >= 15 is 0 Å². The monoisotopic (exact) mass is 418 g/mol. The van der Waals surface area contributed by atoms with Crippen molar-refractivity contribution in [1.82, 2.24) is 4.98 Å². The summed E-state index contributed by atoms with van der Waals surface area (Å²) in [6, 6.07) is 4.43. The van der Waals surface area contributed by atoms with Crippen LogP contribution in [0.2, 0.25) is 15.1 Å². The van der Waals surface area contributed by atoms with Crippen LogP contribution in [0.3, 0.4) is 0 Å². The van der Waals surface area contributed by atoms with E-state index < -0.39 is 18.0 Å². The molecule has 0 spiro atoms. The van der Waals surface area contributed by atoms with Gasteiger partial charge in [-0.1, -0.05) is 34.8 Å². The van der Waals surface area contributed by atoms with Gasteiger partial charge in [-0.15, -0.1) is 0 Å². The highest BCUT2D eigenvalue weighted by Crippen LogP contribution is 2.40. The number of hydrogen-bond acceptors (Lipinski definition) is 4. The van der Waals surface area contributed by atoms with Gasteiger partial charge in [0.2, 0.25) is 5.91 Å². The second-order valence-electron chi connectivity index (χ2n) is 5.33. The SMILES string of the molecule is COC(=O)c1nc(-c2ccc(Cl)c(C(C)F)c2Cl)cc(NC(C)=O)c1Cl. The van der Waals surface area contributed by atoms with Gasteiger partial charge < -0.3 is 10.1 Å². The average Bonchev–Trinajstić information content (AvgIpc) is 2.55. The molecule has 26 heavy (non-hydrogen) atoms. The molecule has 0 bridgehead atoms. The molecule has 0 aliphatic heterocycles. The highest BCUT2D eigenvalue weighted by Gasteiger charge is 2.23. The van der Waals surface area contributed by atoms with Crippen LogP contribution >= 0.6 is 34.8 Å². The number of nitrogens with one attached hydrogen (secondary N) is 1. The van der Waals surface area contributed by atoms with Gasteiger partial charge in [-0.05, 0) is 25.1 Å². The van der Waals surface area contributed by atoms with E-state index in [0.717, 1.165) is 0 Å². The van der Waals surface area contributed by atoms with Gasteiger partial charge in [0.25, 0.3) is 0 Å². The summed E-state index contributed by atoms with van der Waals surface area (Å²) in [6.45, 7) is 2.58. The number of aromatic nitrogens is 1. The number of nitrogens with zero attached hydrogens (tertiary/aromatic N) is 1. The van der Waals surface area contributed by atoms with E-state index in [1.807, 2.05) is 0 Å². The van der Waals surface area contributed by atoms with Crippen LogP contribution in [0, 0.1) is 0 Å². The Morgan fingerprint density at radius 2 is 1.88 bits per heavy atom. The number of carbonyl (C=O) groups excluding carboxylic acids is 2. The van der Waals surface area contributed by atoms with Crippen LogP contribution in [0.15, 0.2) is 18.2 Å². The van der Waals surface area contributed by atoms with Gasteiger partial charge in [0.1, 0.15) is 6.17 Å². The first-order valence-electron chi connectivity index (χ1n) is 7.36. The molecular weight excluding hydrogens is 406 g/mol. The zero-order valence-corrected chi connectivity index (χ0v) is 16.3. The van der Waals surface area contributed by atoms with Crippen LogP contribution in [-0.4, -0.2) is 24.0 Å². The zero-order chi connectivity index (χ0) is 19.6. The fraction of sp³-hybridized carbons (Fsp3) is 0.235. The fourth-order valence-corrected chi connectivity index (χ4v) is 3.30. The maximum Gasteiger partial charge on any atom is 0.358 e. The number of alkyl halides is 1. The summed E-state index contributed by atoms with van der Waals surface area (Å²) in [4.78, 5) is 27.6. The molecule has 0 saturated carbocycles. The minimum Gasteiger partial charge on any atom is -0.464 e. The third-order valence-corrected chi connectivity index (χ3v) is 4.57. The van der Waals surface area contributed by atoms with Crippen molar-refractivity contribution in [3.05, 3.63) is 44.5 Å². The standard InChI is InChI=1S/C17H14Cl3FN2O3/c1-7(21)13-10(18)5-4-9(14(13)19)11-6-12(22-8(2)24)15(20)16(23-11)17(25)26-3/h4-7H,1-3H3,(H,22,23,24). The summed E-state index contributed by atoms with van der Waals surface area (Å²) in [7, 11) is 1.17. The fourth-order valence-electron chi connectivity index (χ4n) is 2.31. The van der Waals surface area contributed by atoms with Gasteiger partial charge in [0.05, 0.1) is 28.5 Å². The second-order valence-corrected chi connectivity index (χ2v) is 6.49. The Balaban J connectivity index is 2.76. The van der Waals surface area contributed by atoms with Crippen LogP contribution < -0.4 is 5.32 Å². The van der Waals surface area contributed by atoms with Crippen LogP contribution in [0.5, 0.6) is 0 Å². The van der Waals surface area contributed by atoms with E-state index in [1.165, 1.54) is 39.2 Å². The van der Waals surface area contributed by atoms with Crippen molar-refractivity contribution in [1.29, 1.82) is 0 Å². The molecule has 1 amide bonds. The third kappa shape index (κ3) is 4.09. The molecule has 138 valence electrons. The first kappa shape index (κ1) is 20.4. The first-order chi connectivity index (χ1) is 12.2. The molecule has 0 aliphatic carbocycles. The molecule has 1 unspecified atom stereocenters. The van der Waals surface area contributed by atoms with E-state index in [0.29, 0.717) is 5.56 Å². The van der Waals surface area contributed by atoms with E-state index in [4.69, 9.17) is 34.8 Å². The number of halogens is 4. The van der Waals surface area contributed by atoms with E-state index in [2.05, 4.69) is 15.0 Å². The van der Waals surface area contributed by atoms with Crippen LogP contribution in [-0.2, 0) is 9.53 Å². The number of amides is 1. The molecule has 1 N–H and O–H groups in total. The topological polar surface area (TPSA) is 68.3 Å². The number of hydrogen-bond donors (Lipinski definition) is 1. The summed E-state index contributed by atoms with van der Waals surface area (Å²) >= 11 is 18.5. The van der Waals surface area contributed by atoms with E-state index in [-0.39, 0.29) is 37.7 Å². The number of carbonyl (C=O) groups is 2. The Hall–Kier alpha value is -1.89. The maximum absolute atomic E-state index is 13.9. The minimum absolute atomic E-state index is 0.0481. The summed E-state index contributed by atoms with van der Waals surface area (Å²) in [6.07, 6.45) is -1.42. The van der Waals surface area contributed by atoms with Gasteiger partial charge in [-0.3, -0.25) is 4.79 Å². The van der Waals surface area contributed by atoms with Crippen molar-refractivity contribution in [2.24, 2.45) is 0 Å². The molecule has 1 atom stereocenters. The predicted octanol–water partition coefficient (Wildman–Crippen LogP) is 5.48. The molecule has 2 rings (SSSR count). The predicted molar refractivity (Wildman–Crippen MR) is 99.9 cm³/mol. The van der Waals surface area contributed by atoms with Crippen molar-refractivity contribution in [3.63, 3.8) is 0 Å². The Kier molecular flexibility index (Phi) is 6.44. The Morgan fingerprint density at radius 1 is 1.23 bits per heavy atom. The minimum atomic E-state index is -1.42. The summed E-state index contributed by atoms with van der Waals surface area (Å²) in [5, 5.41) is 2.64. The highest BCUT2D eigenvalue weighted by molar-refractivity contribution is 6.38. The van der Waals surface area contributed by atoms with E-state index in [9.17, 15) is 14.0 Å². The number of benzene rings is 1. The van der Waals surface area contributed by atoms with Crippen molar-refractivity contribution < 1.29 is 18.7 Å². The average molecular weight is 420 g/mol. The van der Waals surface area contributed by atoms with E-state index in [1.54, 1.807) is 0 Å². The molecule has 1 aromatic carbocycles. The van der Waals surface area contributed by atoms with Crippen LogP contribution in [0.25, 0.3) is 11.3 Å².